The molecule has 5 aliphatic heterocycles. The fraction of sp³-hybridized carbons (Fsp3) is 0.540. The number of nitrogens with two attached hydrogens (primary N) is 1. The summed E-state index contributed by atoms with van der Waals surface area (Å²) in [7, 11) is 0. The number of aromatic nitrogens is 5. The van der Waals surface area contributed by atoms with E-state index in [9.17, 15) is 19.8 Å². The molecule has 6 atom stereocenters. The molecule has 2 amide bonds. The van der Waals surface area contributed by atoms with E-state index >= 15 is 0 Å². The molecule has 0 spiro atoms. The van der Waals surface area contributed by atoms with Crippen LogP contribution in [0.15, 0.2) is 89.0 Å². The van der Waals surface area contributed by atoms with Crippen molar-refractivity contribution in [2.75, 3.05) is 66.2 Å². The van der Waals surface area contributed by atoms with Crippen molar-refractivity contribution in [2.45, 2.75) is 158 Å². The van der Waals surface area contributed by atoms with Crippen molar-refractivity contribution in [2.24, 2.45) is 11.8 Å². The summed E-state index contributed by atoms with van der Waals surface area (Å²) >= 11 is 1.60. The Morgan fingerprint density at radius 2 is 1.58 bits per heavy atom. The quantitative estimate of drug-likeness (QED) is 0.0671. The highest BCUT2D eigenvalue weighted by Gasteiger charge is 2.55. The number of aliphatic hydroxyl groups excluding tert-OH is 1. The molecule has 5 N–H and O–H groups in total. The van der Waals surface area contributed by atoms with E-state index in [1.165, 1.54) is 12.8 Å². The zero-order valence-corrected chi connectivity index (χ0v) is 48.9. The molecular formula is C63H78N12O7S. The van der Waals surface area contributed by atoms with Gasteiger partial charge in [0.1, 0.15) is 23.8 Å². The third kappa shape index (κ3) is 11.1. The van der Waals surface area contributed by atoms with Crippen LogP contribution in [-0.4, -0.2) is 151 Å². The molecule has 2 aliphatic carbocycles. The number of para-hydroxylation sites is 1. The maximum absolute atomic E-state index is 14.5. The Balaban J connectivity index is 0.552. The fourth-order valence-electron chi connectivity index (χ4n) is 14.7. The molecule has 20 heteroatoms. The number of rotatable bonds is 17. The van der Waals surface area contributed by atoms with E-state index in [1.54, 1.807) is 28.4 Å². The summed E-state index contributed by atoms with van der Waals surface area (Å²) in [5.41, 5.74) is 14.8. The van der Waals surface area contributed by atoms with E-state index < -0.39 is 18.1 Å². The van der Waals surface area contributed by atoms with Gasteiger partial charge in [-0.25, -0.2) is 9.97 Å². The molecule has 3 unspecified atom stereocenters. The maximum atomic E-state index is 14.5. The summed E-state index contributed by atoms with van der Waals surface area (Å²) < 4.78 is 19.2. The third-order valence-corrected chi connectivity index (χ3v) is 20.3. The number of benzene rings is 2. The minimum Gasteiger partial charge on any atom is -0.507 e. The van der Waals surface area contributed by atoms with E-state index in [2.05, 4.69) is 62.4 Å². The lowest BCUT2D eigenvalue weighted by molar-refractivity contribution is -0.141. The number of piperazine rings is 1. The molecule has 5 saturated heterocycles. The van der Waals surface area contributed by atoms with Crippen molar-refractivity contribution in [1.82, 2.24) is 40.4 Å². The number of likely N-dealkylation sites (tertiary alicyclic amines) is 2. The number of pyridine rings is 1. The molecule has 13 rings (SSSR count). The van der Waals surface area contributed by atoms with E-state index in [4.69, 9.17) is 19.7 Å². The smallest absolute Gasteiger partial charge is 0.243 e. The van der Waals surface area contributed by atoms with Gasteiger partial charge in [0.05, 0.1) is 51.8 Å². The van der Waals surface area contributed by atoms with E-state index in [0.29, 0.717) is 46.7 Å². The first kappa shape index (κ1) is 55.3. The SMILES string of the molecule is Cc1ncsc1-c1ccc([C@H](C)NC(=O)[C@@H]2C[C@@H](O)CN2C(=O)C(c2cc(N3CCC(C4(N5CCC(OC6CC(Oc7cc(N8C9CCC8CN(c8cc(-c%10ccccc%10O)nnc8N)C9)ccn7)C6)CC5)CC4)CC3)no2)C(C)C)cc1. The first-order valence-corrected chi connectivity index (χ1v) is 31.1. The second-order valence-corrected chi connectivity index (χ2v) is 25.8. The summed E-state index contributed by atoms with van der Waals surface area (Å²) in [6.45, 7) is 13.5. The Kier molecular flexibility index (Phi) is 15.3. The number of aryl methyl sites for hydroxylation is 1. The Morgan fingerprint density at radius 1 is 0.831 bits per heavy atom. The number of ether oxygens (including phenoxy) is 2. The number of thiazole rings is 1. The number of amides is 2. The molecule has 6 aromatic rings. The van der Waals surface area contributed by atoms with Gasteiger partial charge in [-0.05, 0) is 112 Å². The number of nitrogen functional groups attached to an aromatic ring is 1. The first-order valence-electron chi connectivity index (χ1n) is 30.2. The van der Waals surface area contributed by atoms with Crippen molar-refractivity contribution >= 4 is 46.2 Å². The molecule has 4 aromatic heterocycles. The minimum atomic E-state index is -0.803. The number of phenolic OH excluding ortho intramolecular Hbond substituents is 1. The van der Waals surface area contributed by atoms with Crippen LogP contribution in [0.5, 0.6) is 11.6 Å². The zero-order chi connectivity index (χ0) is 57.1. The Bertz CT molecular complexity index is 3260. The molecule has 2 bridgehead atoms. The molecule has 7 aliphatic rings. The number of nitrogens with one attached hydrogen (secondary N) is 1. The number of nitrogens with zero attached hydrogens (tertiary/aromatic N) is 10. The summed E-state index contributed by atoms with van der Waals surface area (Å²) in [5.74, 6) is 1.78. The van der Waals surface area contributed by atoms with Crippen LogP contribution < -0.4 is 30.5 Å². The number of carbonyl (C=O) groups is 2. The fourth-order valence-corrected chi connectivity index (χ4v) is 15.5. The molecule has 0 radical (unpaired) electrons. The van der Waals surface area contributed by atoms with Gasteiger partial charge in [-0.1, -0.05) is 55.4 Å². The summed E-state index contributed by atoms with van der Waals surface area (Å²) in [4.78, 5) is 50.0. The maximum Gasteiger partial charge on any atom is 0.243 e. The molecular weight excluding hydrogens is 1070 g/mol. The Labute approximate surface area is 489 Å². The number of β-amino-alcohol motifs (C(OH)–C–C–N with tert-alkyl or cyclic N) is 1. The third-order valence-electron chi connectivity index (χ3n) is 19.4. The van der Waals surface area contributed by atoms with Gasteiger partial charge in [-0.3, -0.25) is 14.5 Å². The Morgan fingerprint density at radius 3 is 2.28 bits per heavy atom. The minimum absolute atomic E-state index is 0.0859. The van der Waals surface area contributed by atoms with Gasteiger partial charge in [0.25, 0.3) is 0 Å². The van der Waals surface area contributed by atoms with Crippen LogP contribution in [0.25, 0.3) is 21.7 Å². The van der Waals surface area contributed by atoms with Gasteiger partial charge in [0.2, 0.25) is 17.7 Å². The van der Waals surface area contributed by atoms with Crippen molar-refractivity contribution in [1.29, 1.82) is 0 Å². The summed E-state index contributed by atoms with van der Waals surface area (Å²) in [6, 6.07) is 22.9. The highest BCUT2D eigenvalue weighted by atomic mass is 32.1. The number of anilines is 4. The first-order chi connectivity index (χ1) is 40.2. The van der Waals surface area contributed by atoms with E-state index in [-0.39, 0.29) is 66.3 Å². The van der Waals surface area contributed by atoms with E-state index in [1.807, 2.05) is 87.9 Å². The van der Waals surface area contributed by atoms with Gasteiger partial charge in [0, 0.05) is 112 Å². The lowest BCUT2D eigenvalue weighted by Crippen LogP contribution is -2.54. The van der Waals surface area contributed by atoms with Crippen molar-refractivity contribution in [3.05, 3.63) is 102 Å². The average Bonchev–Trinajstić information content (AvgIpc) is 2.45. The molecule has 7 fully saturated rings. The predicted octanol–water partition coefficient (Wildman–Crippen LogP) is 8.52. The number of aromatic hydroxyl groups is 1. The monoisotopic (exact) mass is 1150 g/mol. The predicted molar refractivity (Wildman–Crippen MR) is 318 cm³/mol. The number of aliphatic hydroxyl groups is 1. The highest BCUT2D eigenvalue weighted by molar-refractivity contribution is 7.13. The lowest BCUT2D eigenvalue weighted by Gasteiger charge is -2.45. The van der Waals surface area contributed by atoms with Gasteiger partial charge in [0.15, 0.2) is 17.4 Å². The van der Waals surface area contributed by atoms with Gasteiger partial charge in [-0.2, -0.15) is 0 Å². The van der Waals surface area contributed by atoms with Crippen LogP contribution in [-0.2, 0) is 14.3 Å². The van der Waals surface area contributed by atoms with Crippen molar-refractivity contribution in [3.8, 4) is 33.3 Å². The molecule has 438 valence electrons. The normalized spacial score (nSPS) is 25.4. The van der Waals surface area contributed by atoms with Crippen LogP contribution in [0.1, 0.15) is 120 Å². The number of hydrogen-bond acceptors (Lipinski definition) is 18. The zero-order valence-electron chi connectivity index (χ0n) is 48.1. The number of piperidine rings is 2. The van der Waals surface area contributed by atoms with Crippen LogP contribution in [0.2, 0.25) is 0 Å². The number of fused-ring (bicyclic) bond motifs is 2. The van der Waals surface area contributed by atoms with Crippen molar-refractivity contribution in [3.63, 3.8) is 0 Å². The highest BCUT2D eigenvalue weighted by Crippen LogP contribution is 2.53. The second kappa shape index (κ2) is 22.9. The van der Waals surface area contributed by atoms with Crippen molar-refractivity contribution < 1.29 is 33.8 Å². The van der Waals surface area contributed by atoms with Gasteiger partial charge >= 0.3 is 0 Å². The molecule has 9 heterocycles. The summed E-state index contributed by atoms with van der Waals surface area (Å²) in [5, 5.41) is 37.6. The lowest BCUT2D eigenvalue weighted by atomic mass is 9.85. The largest absolute Gasteiger partial charge is 0.507 e. The molecule has 19 nitrogen and oxygen atoms in total. The van der Waals surface area contributed by atoms with Crippen LogP contribution in [0.3, 0.4) is 0 Å². The number of hydrogen-bond donors (Lipinski definition) is 4. The molecule has 83 heavy (non-hydrogen) atoms. The van der Waals surface area contributed by atoms with E-state index in [0.717, 1.165) is 130 Å². The van der Waals surface area contributed by atoms with Crippen LogP contribution >= 0.6 is 11.3 Å². The number of carbonyl (C=O) groups excluding carboxylic acids is 2. The number of phenols is 1. The van der Waals surface area contributed by atoms with Crippen LogP contribution in [0.4, 0.5) is 23.0 Å². The average molecular weight is 1150 g/mol. The topological polar surface area (TPSA) is 225 Å². The van der Waals surface area contributed by atoms with Crippen LogP contribution in [0, 0.1) is 18.8 Å². The molecule has 2 aromatic carbocycles. The van der Waals surface area contributed by atoms with Gasteiger partial charge in [-0.15, -0.1) is 21.5 Å². The summed E-state index contributed by atoms with van der Waals surface area (Å²) in [6.07, 6.45) is 12.4. The standard InChI is InChI=1S/C63H78N12O7S/c1-37(2)58(62(79)74-35-46(76)28-53(74)61(78)67-38(3)40-9-11-41(12-10-40)59-39(4)66-36-83-59)55-32-56(70-82-55)71-23-16-42(17-24-71)63(20-21-63)73-25-18-47(19-26-73)80-48-29-49(30-48)81-57-27-43(15-22-65-57)75-44-13-14-45(75)34-72(33-44)52-31-51(68-69-60(52)64)50-7-5-6-8-54(50)77/h5-12,15,22,27,31-32,36-38,42,44-49,53,58,76-77H,13-14,16-21,23-26,28-30,33-35H2,1-4H3,(H2,64,69)(H,67,78)/t38-,44?,45?,46+,48?,49?,53-,58?/m0/s1. The second-order valence-electron chi connectivity index (χ2n) is 24.9. The van der Waals surface area contributed by atoms with Gasteiger partial charge < -0.3 is 54.9 Å². The Hall–Kier alpha value is -6.87. The molecule has 2 saturated carbocycles.